The lowest BCUT2D eigenvalue weighted by atomic mass is 10.1. The van der Waals surface area contributed by atoms with Crippen molar-refractivity contribution in [1.29, 1.82) is 0 Å². The van der Waals surface area contributed by atoms with Gasteiger partial charge in [0.05, 0.1) is 11.5 Å². The fraction of sp³-hybridized carbons (Fsp3) is 0.625. The molecule has 1 aromatic rings. The van der Waals surface area contributed by atoms with Crippen LogP contribution in [-0.2, 0) is 10.0 Å². The summed E-state index contributed by atoms with van der Waals surface area (Å²) in [6, 6.07) is 6.62. The fourth-order valence-electron chi connectivity index (χ4n) is 2.58. The number of benzene rings is 1. The lowest BCUT2D eigenvalue weighted by Crippen LogP contribution is -2.31. The van der Waals surface area contributed by atoms with Crippen molar-refractivity contribution in [1.82, 2.24) is 9.21 Å². The van der Waals surface area contributed by atoms with Crippen molar-refractivity contribution in [3.05, 3.63) is 24.3 Å². The molecule has 1 saturated heterocycles. The molecular formula is C16H26N2O3S. The van der Waals surface area contributed by atoms with Gasteiger partial charge in [-0.15, -0.1) is 0 Å². The molecule has 5 nitrogen and oxygen atoms in total. The van der Waals surface area contributed by atoms with Gasteiger partial charge in [-0.25, -0.2) is 12.7 Å². The first kappa shape index (κ1) is 17.2. The first-order valence-corrected chi connectivity index (χ1v) is 9.32. The molecule has 6 heteroatoms. The molecule has 1 aliphatic heterocycles. The van der Waals surface area contributed by atoms with Gasteiger partial charge < -0.3 is 9.64 Å². The number of sulfonamides is 1. The van der Waals surface area contributed by atoms with E-state index in [1.807, 2.05) is 0 Å². The van der Waals surface area contributed by atoms with Crippen LogP contribution in [0.4, 0.5) is 0 Å². The van der Waals surface area contributed by atoms with Gasteiger partial charge >= 0.3 is 0 Å². The van der Waals surface area contributed by atoms with Crippen molar-refractivity contribution in [2.45, 2.75) is 30.6 Å². The standard InChI is InChI=1S/C16H26N2O3S/c1-17(2)22(19,20)16-9-7-15(8-10-16)21-14-6-13-18-11-4-3-5-12-18/h7-10H,3-6,11-14H2,1-2H3. The third-order valence-electron chi connectivity index (χ3n) is 3.94. The molecule has 0 atom stereocenters. The lowest BCUT2D eigenvalue weighted by molar-refractivity contribution is 0.205. The van der Waals surface area contributed by atoms with Crippen LogP contribution in [0.15, 0.2) is 29.2 Å². The van der Waals surface area contributed by atoms with E-state index in [0.717, 1.165) is 18.7 Å². The minimum absolute atomic E-state index is 0.290. The highest BCUT2D eigenvalue weighted by Gasteiger charge is 2.16. The molecule has 1 heterocycles. The van der Waals surface area contributed by atoms with Crippen molar-refractivity contribution < 1.29 is 13.2 Å². The second kappa shape index (κ2) is 7.94. The predicted molar refractivity (Wildman–Crippen MR) is 87.7 cm³/mol. The summed E-state index contributed by atoms with van der Waals surface area (Å²) in [6.45, 7) is 4.15. The molecule has 1 aromatic carbocycles. The number of rotatable bonds is 7. The zero-order valence-corrected chi connectivity index (χ0v) is 14.3. The average Bonchev–Trinajstić information content (AvgIpc) is 2.53. The Bertz CT molecular complexity index is 549. The summed E-state index contributed by atoms with van der Waals surface area (Å²) in [4.78, 5) is 2.78. The molecule has 0 N–H and O–H groups in total. The zero-order chi connectivity index (χ0) is 16.0. The Morgan fingerprint density at radius 2 is 1.73 bits per heavy atom. The molecule has 1 fully saturated rings. The number of hydrogen-bond donors (Lipinski definition) is 0. The van der Waals surface area contributed by atoms with Crippen LogP contribution in [0.25, 0.3) is 0 Å². The Hall–Kier alpha value is -1.11. The van der Waals surface area contributed by atoms with E-state index in [1.54, 1.807) is 24.3 Å². The zero-order valence-electron chi connectivity index (χ0n) is 13.5. The summed E-state index contributed by atoms with van der Waals surface area (Å²) in [5.41, 5.74) is 0. The third kappa shape index (κ3) is 4.69. The van der Waals surface area contributed by atoms with Gasteiger partial charge in [-0.05, 0) is 56.6 Å². The van der Waals surface area contributed by atoms with E-state index >= 15 is 0 Å². The molecule has 1 aliphatic rings. The monoisotopic (exact) mass is 326 g/mol. The first-order valence-electron chi connectivity index (χ1n) is 7.88. The van der Waals surface area contributed by atoms with E-state index in [4.69, 9.17) is 4.74 Å². The summed E-state index contributed by atoms with van der Waals surface area (Å²) < 4.78 is 30.8. The minimum atomic E-state index is -3.36. The predicted octanol–water partition coefficient (Wildman–Crippen LogP) is 2.19. The summed E-state index contributed by atoms with van der Waals surface area (Å²) >= 11 is 0. The third-order valence-corrected chi connectivity index (χ3v) is 5.77. The van der Waals surface area contributed by atoms with Crippen LogP contribution in [0.5, 0.6) is 5.75 Å². The molecule has 0 aliphatic carbocycles. The lowest BCUT2D eigenvalue weighted by Gasteiger charge is -2.26. The Morgan fingerprint density at radius 3 is 2.32 bits per heavy atom. The van der Waals surface area contributed by atoms with E-state index in [2.05, 4.69) is 4.90 Å². The Morgan fingerprint density at radius 1 is 1.09 bits per heavy atom. The van der Waals surface area contributed by atoms with Crippen LogP contribution in [0.3, 0.4) is 0 Å². The molecule has 0 bridgehead atoms. The van der Waals surface area contributed by atoms with E-state index in [-0.39, 0.29) is 4.90 Å². The Kier molecular flexibility index (Phi) is 6.23. The van der Waals surface area contributed by atoms with Crippen LogP contribution in [0, 0.1) is 0 Å². The van der Waals surface area contributed by atoms with E-state index in [9.17, 15) is 8.42 Å². The minimum Gasteiger partial charge on any atom is -0.494 e. The van der Waals surface area contributed by atoms with Gasteiger partial charge in [0.15, 0.2) is 0 Å². The maximum Gasteiger partial charge on any atom is 0.242 e. The molecule has 124 valence electrons. The van der Waals surface area contributed by atoms with Gasteiger partial charge in [-0.2, -0.15) is 0 Å². The van der Waals surface area contributed by atoms with Crippen LogP contribution >= 0.6 is 0 Å². The van der Waals surface area contributed by atoms with Crippen LogP contribution in [-0.4, -0.2) is 58.0 Å². The number of likely N-dealkylation sites (tertiary alicyclic amines) is 1. The summed E-state index contributed by atoms with van der Waals surface area (Å²) in [5, 5.41) is 0. The molecule has 0 aromatic heterocycles. The SMILES string of the molecule is CN(C)S(=O)(=O)c1ccc(OCCCN2CCCCC2)cc1. The van der Waals surface area contributed by atoms with Crippen molar-refractivity contribution in [3.8, 4) is 5.75 Å². The molecule has 0 unspecified atom stereocenters. The van der Waals surface area contributed by atoms with Crippen molar-refractivity contribution >= 4 is 10.0 Å². The van der Waals surface area contributed by atoms with E-state index in [1.165, 1.54) is 50.8 Å². The van der Waals surface area contributed by atoms with Crippen LogP contribution in [0.1, 0.15) is 25.7 Å². The highest BCUT2D eigenvalue weighted by Crippen LogP contribution is 2.18. The normalized spacial score (nSPS) is 16.9. The maximum atomic E-state index is 12.0. The second-order valence-corrected chi connectivity index (χ2v) is 8.01. The number of ether oxygens (including phenoxy) is 1. The highest BCUT2D eigenvalue weighted by molar-refractivity contribution is 7.89. The molecule has 2 rings (SSSR count). The largest absolute Gasteiger partial charge is 0.494 e. The maximum absolute atomic E-state index is 12.0. The molecule has 0 radical (unpaired) electrons. The Labute approximate surface area is 133 Å². The molecule has 0 saturated carbocycles. The van der Waals surface area contributed by atoms with Crippen molar-refractivity contribution in [2.75, 3.05) is 40.3 Å². The van der Waals surface area contributed by atoms with Crippen molar-refractivity contribution in [2.24, 2.45) is 0 Å². The summed E-state index contributed by atoms with van der Waals surface area (Å²) in [6.07, 6.45) is 4.97. The van der Waals surface area contributed by atoms with Gasteiger partial charge in [0.1, 0.15) is 5.75 Å². The van der Waals surface area contributed by atoms with E-state index in [0.29, 0.717) is 6.61 Å². The summed E-state index contributed by atoms with van der Waals surface area (Å²) in [5.74, 6) is 0.719. The number of piperidine rings is 1. The molecule has 22 heavy (non-hydrogen) atoms. The fourth-order valence-corrected chi connectivity index (χ4v) is 3.48. The highest BCUT2D eigenvalue weighted by atomic mass is 32.2. The number of hydrogen-bond acceptors (Lipinski definition) is 4. The van der Waals surface area contributed by atoms with Gasteiger partial charge in [0.2, 0.25) is 10.0 Å². The second-order valence-electron chi connectivity index (χ2n) is 5.86. The smallest absolute Gasteiger partial charge is 0.242 e. The molecule has 0 amide bonds. The van der Waals surface area contributed by atoms with Gasteiger partial charge in [-0.1, -0.05) is 6.42 Å². The van der Waals surface area contributed by atoms with Gasteiger partial charge in [0, 0.05) is 20.6 Å². The molecule has 0 spiro atoms. The summed E-state index contributed by atoms with van der Waals surface area (Å²) in [7, 11) is -0.306. The number of nitrogens with zero attached hydrogens (tertiary/aromatic N) is 2. The first-order chi connectivity index (χ1) is 10.5. The van der Waals surface area contributed by atoms with Crippen LogP contribution < -0.4 is 4.74 Å². The van der Waals surface area contributed by atoms with Gasteiger partial charge in [0.25, 0.3) is 0 Å². The average molecular weight is 326 g/mol. The van der Waals surface area contributed by atoms with Crippen molar-refractivity contribution in [3.63, 3.8) is 0 Å². The van der Waals surface area contributed by atoms with E-state index < -0.39 is 10.0 Å². The quantitative estimate of drug-likeness (QED) is 0.721. The topological polar surface area (TPSA) is 49.9 Å². The van der Waals surface area contributed by atoms with Gasteiger partial charge in [-0.3, -0.25) is 0 Å². The van der Waals surface area contributed by atoms with Crippen LogP contribution in [0.2, 0.25) is 0 Å². The Balaban J connectivity index is 1.77. The molecular weight excluding hydrogens is 300 g/mol.